The lowest BCUT2D eigenvalue weighted by Crippen LogP contribution is -2.45. The summed E-state index contributed by atoms with van der Waals surface area (Å²) >= 11 is 0. The summed E-state index contributed by atoms with van der Waals surface area (Å²) in [6.07, 6.45) is 0. The molecule has 1 aromatic rings. The fourth-order valence-corrected chi connectivity index (χ4v) is 2.71. The second-order valence-electron chi connectivity index (χ2n) is 5.65. The predicted molar refractivity (Wildman–Crippen MR) is 78.2 cm³/mol. The molecule has 0 saturated carbocycles. The van der Waals surface area contributed by atoms with Crippen LogP contribution in [-0.4, -0.2) is 49.6 Å². The Balaban J connectivity index is 2.06. The Morgan fingerprint density at radius 3 is 2.47 bits per heavy atom. The van der Waals surface area contributed by atoms with Gasteiger partial charge in [-0.15, -0.1) is 0 Å². The van der Waals surface area contributed by atoms with Crippen LogP contribution in [-0.2, 0) is 0 Å². The Morgan fingerprint density at radius 1 is 1.21 bits per heavy atom. The first-order valence-corrected chi connectivity index (χ1v) is 6.98. The van der Waals surface area contributed by atoms with Gasteiger partial charge in [0.2, 0.25) is 0 Å². The monoisotopic (exact) mass is 257 g/mol. The smallest absolute Gasteiger partial charge is 0.0842 e. The van der Waals surface area contributed by atoms with Crippen LogP contribution >= 0.6 is 0 Å². The number of aryl methyl sites for hydroxylation is 2. The van der Waals surface area contributed by atoms with E-state index in [0.717, 1.165) is 32.7 Å². The first-order chi connectivity index (χ1) is 9.10. The van der Waals surface area contributed by atoms with E-state index in [0.29, 0.717) is 0 Å². The van der Waals surface area contributed by atoms with Gasteiger partial charge in [0.05, 0.1) is 12.0 Å². The Hall–Kier alpha value is -1.37. The van der Waals surface area contributed by atoms with Gasteiger partial charge in [-0.1, -0.05) is 23.8 Å². The molecular weight excluding hydrogens is 234 g/mol. The number of benzene rings is 1. The molecule has 0 aromatic heterocycles. The fourth-order valence-electron chi connectivity index (χ4n) is 2.71. The maximum atomic E-state index is 9.47. The zero-order chi connectivity index (χ0) is 13.8. The molecule has 1 unspecified atom stereocenters. The van der Waals surface area contributed by atoms with E-state index in [2.05, 4.69) is 55.0 Å². The lowest BCUT2D eigenvalue weighted by atomic mass is 9.94. The SMILES string of the molecule is Cc1ccc(C(C#N)CN2CCN(C)CC2)c(C)c1. The lowest BCUT2D eigenvalue weighted by molar-refractivity contribution is 0.152. The van der Waals surface area contributed by atoms with E-state index >= 15 is 0 Å². The van der Waals surface area contributed by atoms with Crippen LogP contribution in [0.25, 0.3) is 0 Å². The summed E-state index contributed by atoms with van der Waals surface area (Å²) in [5.74, 6) is -0.0102. The van der Waals surface area contributed by atoms with Gasteiger partial charge in [-0.2, -0.15) is 5.26 Å². The molecule has 0 spiro atoms. The molecule has 0 amide bonds. The second kappa shape index (κ2) is 6.18. The molecule has 1 atom stereocenters. The molecule has 0 bridgehead atoms. The molecule has 0 aliphatic carbocycles. The average Bonchev–Trinajstić information content (AvgIpc) is 2.39. The van der Waals surface area contributed by atoms with Gasteiger partial charge in [0, 0.05) is 32.7 Å². The van der Waals surface area contributed by atoms with Crippen molar-refractivity contribution >= 4 is 0 Å². The minimum Gasteiger partial charge on any atom is -0.304 e. The van der Waals surface area contributed by atoms with Gasteiger partial charge in [0.25, 0.3) is 0 Å². The third kappa shape index (κ3) is 3.56. The topological polar surface area (TPSA) is 30.3 Å². The van der Waals surface area contributed by atoms with Crippen molar-refractivity contribution in [3.63, 3.8) is 0 Å². The molecule has 1 saturated heterocycles. The zero-order valence-corrected chi connectivity index (χ0v) is 12.2. The molecule has 1 aromatic carbocycles. The second-order valence-corrected chi connectivity index (χ2v) is 5.65. The van der Waals surface area contributed by atoms with Gasteiger partial charge in [0.1, 0.15) is 0 Å². The van der Waals surface area contributed by atoms with Crippen LogP contribution in [0.2, 0.25) is 0 Å². The highest BCUT2D eigenvalue weighted by Gasteiger charge is 2.20. The van der Waals surface area contributed by atoms with E-state index in [4.69, 9.17) is 0 Å². The summed E-state index contributed by atoms with van der Waals surface area (Å²) in [5.41, 5.74) is 3.69. The summed E-state index contributed by atoms with van der Waals surface area (Å²) in [7, 11) is 2.16. The van der Waals surface area contributed by atoms with Crippen LogP contribution in [0.5, 0.6) is 0 Å². The fraction of sp³-hybridized carbons (Fsp3) is 0.562. The van der Waals surface area contributed by atoms with Gasteiger partial charge in [-0.05, 0) is 32.0 Å². The molecule has 0 radical (unpaired) electrons. The van der Waals surface area contributed by atoms with Crippen molar-refractivity contribution in [2.45, 2.75) is 19.8 Å². The van der Waals surface area contributed by atoms with Crippen molar-refractivity contribution in [3.05, 3.63) is 34.9 Å². The number of nitrogens with zero attached hydrogens (tertiary/aromatic N) is 3. The maximum absolute atomic E-state index is 9.47. The Kier molecular flexibility index (Phi) is 4.57. The highest BCUT2D eigenvalue weighted by Crippen LogP contribution is 2.22. The minimum atomic E-state index is -0.0102. The molecular formula is C16H23N3. The van der Waals surface area contributed by atoms with Crippen LogP contribution < -0.4 is 0 Å². The van der Waals surface area contributed by atoms with E-state index in [1.165, 1.54) is 16.7 Å². The first-order valence-electron chi connectivity index (χ1n) is 6.98. The van der Waals surface area contributed by atoms with Gasteiger partial charge in [-0.25, -0.2) is 0 Å². The molecule has 0 N–H and O–H groups in total. The molecule has 1 aliphatic rings. The lowest BCUT2D eigenvalue weighted by Gasteiger charge is -2.33. The number of hydrogen-bond acceptors (Lipinski definition) is 3. The summed E-state index contributed by atoms with van der Waals surface area (Å²) in [6.45, 7) is 9.40. The summed E-state index contributed by atoms with van der Waals surface area (Å²) in [4.78, 5) is 4.75. The summed E-state index contributed by atoms with van der Waals surface area (Å²) in [5, 5.41) is 9.47. The minimum absolute atomic E-state index is 0.0102. The summed E-state index contributed by atoms with van der Waals surface area (Å²) < 4.78 is 0. The van der Waals surface area contributed by atoms with Crippen molar-refractivity contribution in [1.82, 2.24) is 9.80 Å². The molecule has 3 heteroatoms. The number of nitriles is 1. The molecule has 1 fully saturated rings. The van der Waals surface area contributed by atoms with Crippen molar-refractivity contribution < 1.29 is 0 Å². The molecule has 1 aliphatic heterocycles. The quantitative estimate of drug-likeness (QED) is 0.831. The van der Waals surface area contributed by atoms with E-state index in [1.807, 2.05) is 0 Å². The molecule has 102 valence electrons. The van der Waals surface area contributed by atoms with E-state index < -0.39 is 0 Å². The van der Waals surface area contributed by atoms with Crippen LogP contribution in [0.15, 0.2) is 18.2 Å². The molecule has 19 heavy (non-hydrogen) atoms. The number of piperazine rings is 1. The number of likely N-dealkylation sites (N-methyl/N-ethyl adjacent to an activating group) is 1. The van der Waals surface area contributed by atoms with Crippen molar-refractivity contribution in [2.24, 2.45) is 0 Å². The van der Waals surface area contributed by atoms with E-state index in [-0.39, 0.29) is 5.92 Å². The number of hydrogen-bond donors (Lipinski definition) is 0. The van der Waals surface area contributed by atoms with Crippen LogP contribution in [0.3, 0.4) is 0 Å². The number of rotatable bonds is 3. The van der Waals surface area contributed by atoms with Crippen LogP contribution in [0, 0.1) is 25.2 Å². The maximum Gasteiger partial charge on any atom is 0.0842 e. The molecule has 2 rings (SSSR count). The standard InChI is InChI=1S/C16H23N3/c1-13-4-5-16(14(2)10-13)15(11-17)12-19-8-6-18(3)7-9-19/h4-5,10,15H,6-9,12H2,1-3H3. The van der Waals surface area contributed by atoms with Gasteiger partial charge < -0.3 is 4.90 Å². The first kappa shape index (κ1) is 14.0. The Bertz CT molecular complexity index is 467. The normalized spacial score (nSPS) is 19.1. The van der Waals surface area contributed by atoms with E-state index in [1.54, 1.807) is 0 Å². The third-order valence-corrected chi connectivity index (χ3v) is 3.99. The third-order valence-electron chi connectivity index (χ3n) is 3.99. The Labute approximate surface area is 116 Å². The van der Waals surface area contributed by atoms with E-state index in [9.17, 15) is 5.26 Å². The van der Waals surface area contributed by atoms with Crippen molar-refractivity contribution in [1.29, 1.82) is 5.26 Å². The zero-order valence-electron chi connectivity index (χ0n) is 12.2. The predicted octanol–water partition coefficient (Wildman–Crippen LogP) is 2.16. The van der Waals surface area contributed by atoms with Crippen molar-refractivity contribution in [3.8, 4) is 6.07 Å². The largest absolute Gasteiger partial charge is 0.304 e. The van der Waals surface area contributed by atoms with Crippen LogP contribution in [0.1, 0.15) is 22.6 Å². The van der Waals surface area contributed by atoms with Crippen LogP contribution in [0.4, 0.5) is 0 Å². The highest BCUT2D eigenvalue weighted by molar-refractivity contribution is 5.36. The Morgan fingerprint density at radius 2 is 1.89 bits per heavy atom. The van der Waals surface area contributed by atoms with Gasteiger partial charge >= 0.3 is 0 Å². The average molecular weight is 257 g/mol. The highest BCUT2D eigenvalue weighted by atomic mass is 15.2. The summed E-state index contributed by atoms with van der Waals surface area (Å²) in [6, 6.07) is 8.88. The van der Waals surface area contributed by atoms with Gasteiger partial charge in [0.15, 0.2) is 0 Å². The van der Waals surface area contributed by atoms with Crippen molar-refractivity contribution in [2.75, 3.05) is 39.8 Å². The van der Waals surface area contributed by atoms with Gasteiger partial charge in [-0.3, -0.25) is 4.90 Å². The molecule has 1 heterocycles. The molecule has 3 nitrogen and oxygen atoms in total.